The van der Waals surface area contributed by atoms with Crippen LogP contribution in [0.2, 0.25) is 0 Å². The average Bonchev–Trinajstić information content (AvgIpc) is 2.48. The van der Waals surface area contributed by atoms with Crippen LogP contribution in [0, 0.1) is 6.92 Å². The highest BCUT2D eigenvalue weighted by Crippen LogP contribution is 2.29. The van der Waals surface area contributed by atoms with Gasteiger partial charge in [-0.15, -0.1) is 0 Å². The first kappa shape index (κ1) is 14.6. The lowest BCUT2D eigenvalue weighted by Gasteiger charge is -2.12. The van der Waals surface area contributed by atoms with Gasteiger partial charge in [-0.1, -0.05) is 36.4 Å². The molecule has 0 amide bonds. The average molecular weight is 313 g/mol. The van der Waals surface area contributed by atoms with Crippen molar-refractivity contribution in [1.82, 2.24) is 0 Å². The Labute approximate surface area is 129 Å². The van der Waals surface area contributed by atoms with Crippen LogP contribution in [0.4, 0.5) is 11.4 Å². The molecule has 3 rings (SSSR count). The van der Waals surface area contributed by atoms with Crippen molar-refractivity contribution in [1.29, 1.82) is 0 Å². The van der Waals surface area contributed by atoms with E-state index in [1.165, 1.54) is 12.1 Å². The summed E-state index contributed by atoms with van der Waals surface area (Å²) in [6.45, 7) is 2.00. The first-order chi connectivity index (χ1) is 10.4. The molecule has 0 unspecified atom stereocenters. The van der Waals surface area contributed by atoms with Crippen LogP contribution >= 0.6 is 0 Å². The summed E-state index contributed by atoms with van der Waals surface area (Å²) >= 11 is 0. The highest BCUT2D eigenvalue weighted by molar-refractivity contribution is 7.85. The van der Waals surface area contributed by atoms with E-state index in [9.17, 15) is 13.0 Å². The predicted octanol–water partition coefficient (Wildman–Crippen LogP) is 4.14. The second-order valence-corrected chi connectivity index (χ2v) is 6.53. The summed E-state index contributed by atoms with van der Waals surface area (Å²) in [5, 5.41) is 4.95. The number of aryl methyl sites for hydroxylation is 1. The number of rotatable bonds is 3. The molecule has 3 aromatic rings. The Hall–Kier alpha value is -2.37. The van der Waals surface area contributed by atoms with E-state index >= 15 is 0 Å². The molecule has 0 heterocycles. The molecule has 0 saturated heterocycles. The molecule has 2 N–H and O–H groups in total. The third-order valence-corrected chi connectivity index (χ3v) is 4.42. The van der Waals surface area contributed by atoms with Crippen molar-refractivity contribution in [2.45, 2.75) is 11.8 Å². The summed E-state index contributed by atoms with van der Waals surface area (Å²) in [5.74, 6) is 0. The molecular weight excluding hydrogens is 298 g/mol. The van der Waals surface area contributed by atoms with E-state index in [4.69, 9.17) is 0 Å². The number of anilines is 2. The van der Waals surface area contributed by atoms with Crippen molar-refractivity contribution < 1.29 is 13.0 Å². The van der Waals surface area contributed by atoms with Gasteiger partial charge in [0.1, 0.15) is 0 Å². The third-order valence-electron chi connectivity index (χ3n) is 3.57. The lowest BCUT2D eigenvalue weighted by Crippen LogP contribution is -1.99. The van der Waals surface area contributed by atoms with E-state index in [0.29, 0.717) is 0 Å². The Bertz CT molecular complexity index is 949. The molecular formula is C17H15NO3S. The van der Waals surface area contributed by atoms with E-state index in [-0.39, 0.29) is 4.90 Å². The van der Waals surface area contributed by atoms with Crippen molar-refractivity contribution in [3.8, 4) is 0 Å². The monoisotopic (exact) mass is 313 g/mol. The van der Waals surface area contributed by atoms with Crippen molar-refractivity contribution >= 4 is 32.3 Å². The first-order valence-electron chi connectivity index (χ1n) is 6.78. The Kier molecular flexibility index (Phi) is 3.60. The van der Waals surface area contributed by atoms with Crippen LogP contribution < -0.4 is 5.32 Å². The van der Waals surface area contributed by atoms with Gasteiger partial charge in [0, 0.05) is 16.8 Å². The van der Waals surface area contributed by atoms with Crippen LogP contribution in [0.3, 0.4) is 0 Å². The van der Waals surface area contributed by atoms with Crippen LogP contribution in [-0.2, 0) is 10.1 Å². The summed E-state index contributed by atoms with van der Waals surface area (Å²) in [5.41, 5.74) is 2.83. The highest BCUT2D eigenvalue weighted by Gasteiger charge is 2.11. The molecule has 0 atom stereocenters. The fourth-order valence-electron chi connectivity index (χ4n) is 2.38. The molecule has 0 aliphatic rings. The highest BCUT2D eigenvalue weighted by atomic mass is 32.2. The van der Waals surface area contributed by atoms with Gasteiger partial charge < -0.3 is 5.32 Å². The van der Waals surface area contributed by atoms with Gasteiger partial charge in [-0.05, 0) is 42.1 Å². The van der Waals surface area contributed by atoms with E-state index in [1.807, 2.05) is 49.4 Å². The molecule has 0 aliphatic carbocycles. The minimum absolute atomic E-state index is 0.112. The van der Waals surface area contributed by atoms with E-state index < -0.39 is 10.1 Å². The number of para-hydroxylation sites is 1. The van der Waals surface area contributed by atoms with Crippen molar-refractivity contribution in [3.63, 3.8) is 0 Å². The Morgan fingerprint density at radius 2 is 1.64 bits per heavy atom. The molecule has 112 valence electrons. The van der Waals surface area contributed by atoms with Crippen LogP contribution in [0.1, 0.15) is 5.56 Å². The standard InChI is InChI=1S/C17H15NO3S/c1-12-5-2-3-7-16(12)18-17-8-4-6-13-9-10-14(11-15(13)17)22(19,20)21/h2-11,18H,1H3,(H,19,20,21). The van der Waals surface area contributed by atoms with Gasteiger partial charge in [-0.3, -0.25) is 4.55 Å². The molecule has 22 heavy (non-hydrogen) atoms. The molecule has 0 bridgehead atoms. The van der Waals surface area contributed by atoms with Gasteiger partial charge in [0.2, 0.25) is 0 Å². The molecule has 3 aromatic carbocycles. The smallest absolute Gasteiger partial charge is 0.294 e. The number of hydrogen-bond donors (Lipinski definition) is 2. The molecule has 5 heteroatoms. The van der Waals surface area contributed by atoms with Crippen LogP contribution in [-0.4, -0.2) is 13.0 Å². The van der Waals surface area contributed by atoms with Crippen LogP contribution in [0.15, 0.2) is 65.6 Å². The molecule has 0 fully saturated rings. The number of hydrogen-bond acceptors (Lipinski definition) is 3. The largest absolute Gasteiger partial charge is 0.355 e. The number of benzene rings is 3. The summed E-state index contributed by atoms with van der Waals surface area (Å²) in [7, 11) is -4.22. The summed E-state index contributed by atoms with van der Waals surface area (Å²) in [4.78, 5) is -0.112. The maximum atomic E-state index is 11.3. The molecule has 0 radical (unpaired) electrons. The molecule has 0 aromatic heterocycles. The van der Waals surface area contributed by atoms with Crippen molar-refractivity contribution in [2.75, 3.05) is 5.32 Å². The fraction of sp³-hybridized carbons (Fsp3) is 0.0588. The Balaban J connectivity index is 2.15. The first-order valence-corrected chi connectivity index (χ1v) is 8.22. The van der Waals surface area contributed by atoms with Gasteiger partial charge in [-0.25, -0.2) is 0 Å². The predicted molar refractivity (Wildman–Crippen MR) is 88.2 cm³/mol. The topological polar surface area (TPSA) is 66.4 Å². The minimum atomic E-state index is -4.22. The second kappa shape index (κ2) is 5.44. The Morgan fingerprint density at radius 1 is 0.909 bits per heavy atom. The second-order valence-electron chi connectivity index (χ2n) is 5.10. The summed E-state index contributed by atoms with van der Waals surface area (Å²) in [6, 6.07) is 18.1. The molecule has 0 spiro atoms. The van der Waals surface area contributed by atoms with Crippen molar-refractivity contribution in [3.05, 3.63) is 66.2 Å². The zero-order chi connectivity index (χ0) is 15.7. The van der Waals surface area contributed by atoms with Gasteiger partial charge >= 0.3 is 0 Å². The zero-order valence-electron chi connectivity index (χ0n) is 11.9. The lowest BCUT2D eigenvalue weighted by atomic mass is 10.1. The summed E-state index contributed by atoms with van der Waals surface area (Å²) < 4.78 is 31.9. The van der Waals surface area contributed by atoms with Crippen LogP contribution in [0.25, 0.3) is 10.8 Å². The summed E-state index contributed by atoms with van der Waals surface area (Å²) in [6.07, 6.45) is 0. The fourth-order valence-corrected chi connectivity index (χ4v) is 2.89. The zero-order valence-corrected chi connectivity index (χ0v) is 12.8. The Morgan fingerprint density at radius 3 is 2.36 bits per heavy atom. The van der Waals surface area contributed by atoms with E-state index in [1.54, 1.807) is 6.07 Å². The van der Waals surface area contributed by atoms with Gasteiger partial charge in [0.15, 0.2) is 0 Å². The normalized spacial score (nSPS) is 11.5. The van der Waals surface area contributed by atoms with Crippen LogP contribution in [0.5, 0.6) is 0 Å². The molecule has 0 aliphatic heterocycles. The third kappa shape index (κ3) is 2.81. The quantitative estimate of drug-likeness (QED) is 0.713. The van der Waals surface area contributed by atoms with Crippen molar-refractivity contribution in [2.24, 2.45) is 0 Å². The van der Waals surface area contributed by atoms with Gasteiger partial charge in [0.05, 0.1) is 4.90 Å². The van der Waals surface area contributed by atoms with Gasteiger partial charge in [-0.2, -0.15) is 8.42 Å². The number of fused-ring (bicyclic) bond motifs is 1. The van der Waals surface area contributed by atoms with E-state index in [2.05, 4.69) is 5.32 Å². The lowest BCUT2D eigenvalue weighted by molar-refractivity contribution is 0.483. The maximum Gasteiger partial charge on any atom is 0.294 e. The maximum absolute atomic E-state index is 11.3. The SMILES string of the molecule is Cc1ccccc1Nc1cccc2ccc(S(=O)(=O)O)cc12. The minimum Gasteiger partial charge on any atom is -0.355 e. The number of nitrogens with one attached hydrogen (secondary N) is 1. The molecule has 0 saturated carbocycles. The van der Waals surface area contributed by atoms with E-state index in [0.717, 1.165) is 27.7 Å². The van der Waals surface area contributed by atoms with Gasteiger partial charge in [0.25, 0.3) is 10.1 Å². The molecule has 4 nitrogen and oxygen atoms in total.